The lowest BCUT2D eigenvalue weighted by Gasteiger charge is -2.33. The molecule has 1 heterocycles. The molecule has 1 fully saturated rings. The minimum Gasteiger partial charge on any atom is -0.497 e. The Labute approximate surface area is 161 Å². The van der Waals surface area contributed by atoms with E-state index in [-0.39, 0.29) is 23.0 Å². The number of benzene rings is 2. The minimum atomic E-state index is -1.12. The Bertz CT molecular complexity index is 929. The summed E-state index contributed by atoms with van der Waals surface area (Å²) in [6, 6.07) is 9.25. The third-order valence-electron chi connectivity index (χ3n) is 5.32. The largest absolute Gasteiger partial charge is 0.497 e. The molecule has 1 N–H and O–H groups in total. The normalized spacial score (nSPS) is 21.4. The zero-order valence-electron chi connectivity index (χ0n) is 14.7. The summed E-state index contributed by atoms with van der Waals surface area (Å²) in [6.45, 7) is -0.205. The van der Waals surface area contributed by atoms with Crippen molar-refractivity contribution in [1.82, 2.24) is 10.2 Å². The van der Waals surface area contributed by atoms with Gasteiger partial charge in [-0.15, -0.1) is 0 Å². The number of urea groups is 1. The van der Waals surface area contributed by atoms with Gasteiger partial charge in [0.25, 0.3) is 5.91 Å². The van der Waals surface area contributed by atoms with Gasteiger partial charge in [-0.05, 0) is 54.7 Å². The van der Waals surface area contributed by atoms with Crippen LogP contribution in [0, 0.1) is 5.82 Å². The van der Waals surface area contributed by atoms with Crippen molar-refractivity contribution in [3.05, 3.63) is 63.9 Å². The molecule has 3 amide bonds. The fourth-order valence-electron chi connectivity index (χ4n) is 3.96. The van der Waals surface area contributed by atoms with Crippen molar-refractivity contribution in [2.24, 2.45) is 0 Å². The number of carbonyl (C=O) groups excluding carboxylic acids is 2. The fraction of sp³-hybridized carbons (Fsp3) is 0.300. The van der Waals surface area contributed by atoms with Crippen LogP contribution >= 0.6 is 11.6 Å². The summed E-state index contributed by atoms with van der Waals surface area (Å²) < 4.78 is 19.4. The smallest absolute Gasteiger partial charge is 0.325 e. The maximum atomic E-state index is 14.1. The van der Waals surface area contributed by atoms with Crippen LogP contribution in [0.5, 0.6) is 5.75 Å². The quantitative estimate of drug-likeness (QED) is 0.814. The zero-order chi connectivity index (χ0) is 19.2. The summed E-state index contributed by atoms with van der Waals surface area (Å²) in [5, 5.41) is 3.04. The number of nitrogens with zero attached hydrogens (tertiary/aromatic N) is 1. The lowest BCUT2D eigenvalue weighted by atomic mass is 9.76. The minimum absolute atomic E-state index is 0.130. The number of carbonyl (C=O) groups is 2. The van der Waals surface area contributed by atoms with E-state index in [1.165, 1.54) is 18.2 Å². The first-order valence-corrected chi connectivity index (χ1v) is 9.08. The van der Waals surface area contributed by atoms with Gasteiger partial charge in [0, 0.05) is 10.6 Å². The number of hydrogen-bond acceptors (Lipinski definition) is 3. The van der Waals surface area contributed by atoms with Gasteiger partial charge in [0.15, 0.2) is 0 Å². The van der Waals surface area contributed by atoms with Crippen molar-refractivity contribution < 1.29 is 18.7 Å². The van der Waals surface area contributed by atoms with E-state index >= 15 is 0 Å². The van der Waals surface area contributed by atoms with Crippen LogP contribution in [-0.4, -0.2) is 23.9 Å². The van der Waals surface area contributed by atoms with Gasteiger partial charge in [-0.1, -0.05) is 23.7 Å². The average molecular weight is 389 g/mol. The summed E-state index contributed by atoms with van der Waals surface area (Å²) in [7, 11) is 1.59. The van der Waals surface area contributed by atoms with Gasteiger partial charge in [-0.3, -0.25) is 9.69 Å². The Hall–Kier alpha value is -2.60. The number of methoxy groups -OCH3 is 1. The molecule has 0 bridgehead atoms. The van der Waals surface area contributed by atoms with Gasteiger partial charge in [-0.2, -0.15) is 0 Å². The van der Waals surface area contributed by atoms with Crippen LogP contribution < -0.4 is 10.1 Å². The third-order valence-corrected chi connectivity index (χ3v) is 5.68. The highest BCUT2D eigenvalue weighted by molar-refractivity contribution is 6.31. The second kappa shape index (κ2) is 6.53. The molecule has 27 heavy (non-hydrogen) atoms. The second-order valence-electron chi connectivity index (χ2n) is 6.80. The molecule has 0 radical (unpaired) electrons. The van der Waals surface area contributed by atoms with E-state index in [1.54, 1.807) is 13.2 Å². The lowest BCUT2D eigenvalue weighted by Crippen LogP contribution is -2.46. The molecule has 0 aromatic heterocycles. The van der Waals surface area contributed by atoms with Crippen LogP contribution in [0.25, 0.3) is 0 Å². The number of halogens is 2. The Morgan fingerprint density at radius 3 is 2.85 bits per heavy atom. The molecule has 0 saturated carbocycles. The maximum Gasteiger partial charge on any atom is 0.325 e. The molecule has 1 aliphatic heterocycles. The van der Waals surface area contributed by atoms with E-state index in [0.717, 1.165) is 28.9 Å². The molecule has 140 valence electrons. The van der Waals surface area contributed by atoms with Crippen LogP contribution in [0.1, 0.15) is 29.5 Å². The molecule has 4 rings (SSSR count). The summed E-state index contributed by atoms with van der Waals surface area (Å²) in [4.78, 5) is 26.9. The van der Waals surface area contributed by atoms with Gasteiger partial charge in [0.2, 0.25) is 0 Å². The van der Waals surface area contributed by atoms with E-state index in [1.807, 2.05) is 12.1 Å². The standard InChI is InChI=1S/C20H18ClFN2O3/c1-27-13-7-8-15-12(10-13)4-3-9-20(15)18(25)24(19(26)23-20)11-14-16(21)5-2-6-17(14)22/h2,5-8,10H,3-4,9,11H2,1H3,(H,23,26)/t20-/m0/s1. The van der Waals surface area contributed by atoms with Gasteiger partial charge in [0.05, 0.1) is 13.7 Å². The van der Waals surface area contributed by atoms with Crippen LogP contribution in [0.3, 0.4) is 0 Å². The van der Waals surface area contributed by atoms with Crippen molar-refractivity contribution in [2.75, 3.05) is 7.11 Å². The number of hydrogen-bond donors (Lipinski definition) is 1. The molecule has 5 nitrogen and oxygen atoms in total. The number of aryl methyl sites for hydroxylation is 1. The van der Waals surface area contributed by atoms with E-state index in [0.29, 0.717) is 12.2 Å². The van der Waals surface area contributed by atoms with E-state index in [9.17, 15) is 14.0 Å². The molecule has 2 aromatic rings. The van der Waals surface area contributed by atoms with Crippen molar-refractivity contribution >= 4 is 23.5 Å². The van der Waals surface area contributed by atoms with E-state index in [4.69, 9.17) is 16.3 Å². The number of ether oxygens (including phenoxy) is 1. The number of nitrogens with one attached hydrogen (secondary N) is 1. The molecule has 0 unspecified atom stereocenters. The highest BCUT2D eigenvalue weighted by Crippen LogP contribution is 2.41. The molecule has 2 aromatic carbocycles. The predicted octanol–water partition coefficient (Wildman–Crippen LogP) is 3.77. The Kier molecular flexibility index (Phi) is 4.30. The predicted molar refractivity (Wildman–Crippen MR) is 98.1 cm³/mol. The van der Waals surface area contributed by atoms with E-state index in [2.05, 4.69) is 5.32 Å². The maximum absolute atomic E-state index is 14.1. The number of rotatable bonds is 3. The molecule has 1 spiro atoms. The van der Waals surface area contributed by atoms with Gasteiger partial charge in [-0.25, -0.2) is 9.18 Å². The highest BCUT2D eigenvalue weighted by atomic mass is 35.5. The van der Waals surface area contributed by atoms with Crippen LogP contribution in [0.2, 0.25) is 5.02 Å². The van der Waals surface area contributed by atoms with Crippen LogP contribution in [0.15, 0.2) is 36.4 Å². The summed E-state index contributed by atoms with van der Waals surface area (Å²) in [6.07, 6.45) is 2.05. The first kappa shape index (κ1) is 17.8. The summed E-state index contributed by atoms with van der Waals surface area (Å²) in [5.74, 6) is -0.215. The zero-order valence-corrected chi connectivity index (χ0v) is 15.5. The molecular formula is C20H18ClFN2O3. The number of amides is 3. The van der Waals surface area contributed by atoms with E-state index < -0.39 is 17.4 Å². The first-order valence-electron chi connectivity index (χ1n) is 8.70. The molecular weight excluding hydrogens is 371 g/mol. The van der Waals surface area contributed by atoms with Gasteiger partial charge in [0.1, 0.15) is 17.1 Å². The van der Waals surface area contributed by atoms with Crippen LogP contribution in [-0.2, 0) is 23.3 Å². The molecule has 2 aliphatic rings. The topological polar surface area (TPSA) is 58.6 Å². The first-order chi connectivity index (χ1) is 13.0. The Morgan fingerprint density at radius 2 is 2.11 bits per heavy atom. The Morgan fingerprint density at radius 1 is 1.30 bits per heavy atom. The molecule has 1 aliphatic carbocycles. The number of fused-ring (bicyclic) bond motifs is 2. The van der Waals surface area contributed by atoms with Crippen molar-refractivity contribution in [2.45, 2.75) is 31.3 Å². The molecule has 1 atom stereocenters. The van der Waals surface area contributed by atoms with Gasteiger partial charge < -0.3 is 10.1 Å². The molecule has 7 heteroatoms. The fourth-order valence-corrected chi connectivity index (χ4v) is 4.18. The monoisotopic (exact) mass is 388 g/mol. The van der Waals surface area contributed by atoms with Crippen molar-refractivity contribution in [3.8, 4) is 5.75 Å². The van der Waals surface area contributed by atoms with Gasteiger partial charge >= 0.3 is 6.03 Å². The third kappa shape index (κ3) is 2.75. The Balaban J connectivity index is 1.72. The van der Waals surface area contributed by atoms with Crippen molar-refractivity contribution in [3.63, 3.8) is 0 Å². The second-order valence-corrected chi connectivity index (χ2v) is 7.21. The molecule has 1 saturated heterocycles. The van der Waals surface area contributed by atoms with Crippen LogP contribution in [0.4, 0.5) is 9.18 Å². The lowest BCUT2D eigenvalue weighted by molar-refractivity contribution is -0.132. The highest BCUT2D eigenvalue weighted by Gasteiger charge is 2.54. The summed E-state index contributed by atoms with van der Waals surface area (Å²) >= 11 is 6.07. The average Bonchev–Trinajstić information content (AvgIpc) is 2.89. The van der Waals surface area contributed by atoms with Crippen molar-refractivity contribution in [1.29, 1.82) is 0 Å². The number of imide groups is 1. The summed E-state index contributed by atoms with van der Waals surface area (Å²) in [5.41, 5.74) is 0.759. The SMILES string of the molecule is COc1ccc2c(c1)CCC[C@]21NC(=O)N(Cc2c(F)cccc2Cl)C1=O.